The first kappa shape index (κ1) is 15.8. The van der Waals surface area contributed by atoms with E-state index in [4.69, 9.17) is 16.3 Å². The summed E-state index contributed by atoms with van der Waals surface area (Å²) >= 11 is 6.03. The average Bonchev–Trinajstić information content (AvgIpc) is 2.80. The number of hydrogen-bond acceptors (Lipinski definition) is 3. The quantitative estimate of drug-likeness (QED) is 0.785. The monoisotopic (exact) mass is 309 g/mol. The number of ether oxygens (including phenoxy) is 1. The van der Waals surface area contributed by atoms with Crippen LogP contribution in [0.5, 0.6) is 5.75 Å². The van der Waals surface area contributed by atoms with E-state index in [-0.39, 0.29) is 18.2 Å². The van der Waals surface area contributed by atoms with E-state index in [1.807, 2.05) is 0 Å². The molecule has 0 aromatic heterocycles. The standard InChI is InChI=1S/C16H20ClNO3/c1-10(2)12-7-16(20)18(8-12)9-14(19)11-4-5-15(21-3)13(17)6-11/h4-6,10,12H,7-9H2,1-3H3. The van der Waals surface area contributed by atoms with Crippen LogP contribution >= 0.6 is 11.6 Å². The number of benzene rings is 1. The zero-order valence-corrected chi connectivity index (χ0v) is 13.3. The molecule has 21 heavy (non-hydrogen) atoms. The van der Waals surface area contributed by atoms with Crippen LogP contribution in [-0.4, -0.2) is 36.8 Å². The zero-order chi connectivity index (χ0) is 15.6. The van der Waals surface area contributed by atoms with Crippen molar-refractivity contribution < 1.29 is 14.3 Å². The first-order chi connectivity index (χ1) is 9.92. The van der Waals surface area contributed by atoms with Gasteiger partial charge in [-0.15, -0.1) is 0 Å². The Bertz CT molecular complexity index is 556. The normalized spacial score (nSPS) is 18.4. The van der Waals surface area contributed by atoms with E-state index in [0.717, 1.165) is 0 Å². The first-order valence-electron chi connectivity index (χ1n) is 7.07. The van der Waals surface area contributed by atoms with Crippen LogP contribution in [-0.2, 0) is 4.79 Å². The third-order valence-electron chi connectivity index (χ3n) is 4.00. The maximum Gasteiger partial charge on any atom is 0.223 e. The molecular weight excluding hydrogens is 290 g/mol. The number of amides is 1. The minimum atomic E-state index is -0.0997. The van der Waals surface area contributed by atoms with Crippen molar-refractivity contribution in [1.29, 1.82) is 0 Å². The molecule has 4 nitrogen and oxygen atoms in total. The van der Waals surface area contributed by atoms with Crippen LogP contribution in [0.2, 0.25) is 5.02 Å². The second-order valence-corrected chi connectivity index (χ2v) is 6.16. The third kappa shape index (κ3) is 3.56. The summed E-state index contributed by atoms with van der Waals surface area (Å²) in [5.74, 6) is 1.28. The summed E-state index contributed by atoms with van der Waals surface area (Å²) < 4.78 is 5.06. The number of methoxy groups -OCH3 is 1. The maximum atomic E-state index is 12.3. The van der Waals surface area contributed by atoms with Gasteiger partial charge in [0.05, 0.1) is 18.7 Å². The van der Waals surface area contributed by atoms with Gasteiger partial charge in [0.1, 0.15) is 5.75 Å². The van der Waals surface area contributed by atoms with Gasteiger partial charge in [-0.3, -0.25) is 9.59 Å². The fraction of sp³-hybridized carbons (Fsp3) is 0.500. The highest BCUT2D eigenvalue weighted by molar-refractivity contribution is 6.32. The van der Waals surface area contributed by atoms with Gasteiger partial charge in [-0.2, -0.15) is 0 Å². The van der Waals surface area contributed by atoms with Crippen LogP contribution in [0.1, 0.15) is 30.6 Å². The Balaban J connectivity index is 2.05. The van der Waals surface area contributed by atoms with Crippen LogP contribution in [0.25, 0.3) is 0 Å². The molecule has 1 amide bonds. The van der Waals surface area contributed by atoms with Crippen molar-refractivity contribution in [3.8, 4) is 5.75 Å². The fourth-order valence-electron chi connectivity index (χ4n) is 2.51. The van der Waals surface area contributed by atoms with Crippen LogP contribution in [0.3, 0.4) is 0 Å². The highest BCUT2D eigenvalue weighted by atomic mass is 35.5. The SMILES string of the molecule is COc1ccc(C(=O)CN2CC(C(C)C)CC2=O)cc1Cl. The molecule has 0 spiro atoms. The molecular formula is C16H20ClNO3. The minimum absolute atomic E-state index is 0.0571. The van der Waals surface area contributed by atoms with E-state index in [2.05, 4.69) is 13.8 Å². The van der Waals surface area contributed by atoms with Gasteiger partial charge in [-0.05, 0) is 30.0 Å². The molecule has 1 atom stereocenters. The number of rotatable bonds is 5. The van der Waals surface area contributed by atoms with Crippen molar-refractivity contribution in [2.24, 2.45) is 11.8 Å². The van der Waals surface area contributed by atoms with Crippen LogP contribution in [0, 0.1) is 11.8 Å². The highest BCUT2D eigenvalue weighted by Gasteiger charge is 2.32. The molecule has 1 saturated heterocycles. The maximum absolute atomic E-state index is 12.3. The fourth-order valence-corrected chi connectivity index (χ4v) is 2.76. The van der Waals surface area contributed by atoms with E-state index < -0.39 is 0 Å². The van der Waals surface area contributed by atoms with Gasteiger partial charge in [0, 0.05) is 18.5 Å². The summed E-state index contributed by atoms with van der Waals surface area (Å²) in [6.45, 7) is 4.98. The number of carbonyl (C=O) groups is 2. The summed E-state index contributed by atoms with van der Waals surface area (Å²) in [5, 5.41) is 0.399. The Morgan fingerprint density at radius 2 is 2.19 bits per heavy atom. The Hall–Kier alpha value is -1.55. The van der Waals surface area contributed by atoms with Crippen molar-refractivity contribution in [3.05, 3.63) is 28.8 Å². The number of halogens is 1. The molecule has 2 rings (SSSR count). The summed E-state index contributed by atoms with van der Waals surface area (Å²) in [6.07, 6.45) is 0.536. The molecule has 5 heteroatoms. The second kappa shape index (κ2) is 6.48. The lowest BCUT2D eigenvalue weighted by Crippen LogP contribution is -2.31. The first-order valence-corrected chi connectivity index (χ1v) is 7.44. The number of hydrogen-bond donors (Lipinski definition) is 0. The minimum Gasteiger partial charge on any atom is -0.495 e. The molecule has 1 fully saturated rings. The van der Waals surface area contributed by atoms with E-state index in [1.54, 1.807) is 23.1 Å². The second-order valence-electron chi connectivity index (χ2n) is 5.75. The van der Waals surface area contributed by atoms with Gasteiger partial charge >= 0.3 is 0 Å². The van der Waals surface area contributed by atoms with Crippen LogP contribution in [0.15, 0.2) is 18.2 Å². The van der Waals surface area contributed by atoms with Gasteiger partial charge in [0.25, 0.3) is 0 Å². The largest absolute Gasteiger partial charge is 0.495 e. The molecule has 1 heterocycles. The molecule has 0 aliphatic carbocycles. The molecule has 114 valence electrons. The summed E-state index contributed by atoms with van der Waals surface area (Å²) in [6, 6.07) is 4.93. The zero-order valence-electron chi connectivity index (χ0n) is 12.6. The Kier molecular flexibility index (Phi) is 4.88. The average molecular weight is 310 g/mol. The lowest BCUT2D eigenvalue weighted by molar-refractivity contribution is -0.127. The molecule has 1 aromatic rings. The smallest absolute Gasteiger partial charge is 0.223 e. The Morgan fingerprint density at radius 3 is 2.71 bits per heavy atom. The highest BCUT2D eigenvalue weighted by Crippen LogP contribution is 2.27. The predicted octanol–water partition coefficient (Wildman–Crippen LogP) is 3.04. The molecule has 1 unspecified atom stereocenters. The van der Waals surface area contributed by atoms with Crippen LogP contribution < -0.4 is 4.74 Å². The number of nitrogens with zero attached hydrogens (tertiary/aromatic N) is 1. The van der Waals surface area contributed by atoms with Crippen molar-refractivity contribution in [3.63, 3.8) is 0 Å². The van der Waals surface area contributed by atoms with E-state index in [1.165, 1.54) is 7.11 Å². The lowest BCUT2D eigenvalue weighted by atomic mass is 9.95. The van der Waals surface area contributed by atoms with Crippen molar-refractivity contribution in [2.75, 3.05) is 20.2 Å². The van der Waals surface area contributed by atoms with Crippen LogP contribution in [0.4, 0.5) is 0 Å². The molecule has 0 radical (unpaired) electrons. The molecule has 1 aromatic carbocycles. The molecule has 0 bridgehead atoms. The van der Waals surface area contributed by atoms with E-state index >= 15 is 0 Å². The van der Waals surface area contributed by atoms with Gasteiger partial charge in [-0.1, -0.05) is 25.4 Å². The topological polar surface area (TPSA) is 46.6 Å². The molecule has 0 N–H and O–H groups in total. The summed E-state index contributed by atoms with van der Waals surface area (Å²) in [7, 11) is 1.53. The van der Waals surface area contributed by atoms with Gasteiger partial charge in [0.15, 0.2) is 5.78 Å². The molecule has 0 saturated carbocycles. The molecule has 1 aliphatic rings. The summed E-state index contributed by atoms with van der Waals surface area (Å²) in [5.41, 5.74) is 0.501. The lowest BCUT2D eigenvalue weighted by Gasteiger charge is -2.17. The number of ketones is 1. The summed E-state index contributed by atoms with van der Waals surface area (Å²) in [4.78, 5) is 25.9. The Morgan fingerprint density at radius 1 is 1.48 bits per heavy atom. The number of Topliss-reactive ketones (excluding diaryl/α,β-unsaturated/α-hetero) is 1. The van der Waals surface area contributed by atoms with Crippen molar-refractivity contribution in [2.45, 2.75) is 20.3 Å². The van der Waals surface area contributed by atoms with Gasteiger partial charge in [0.2, 0.25) is 5.91 Å². The third-order valence-corrected chi connectivity index (χ3v) is 4.29. The van der Waals surface area contributed by atoms with Crippen molar-refractivity contribution >= 4 is 23.3 Å². The van der Waals surface area contributed by atoms with Crippen molar-refractivity contribution in [1.82, 2.24) is 4.90 Å². The molecule has 1 aliphatic heterocycles. The predicted molar refractivity (Wildman–Crippen MR) is 81.9 cm³/mol. The number of likely N-dealkylation sites (tertiary alicyclic amines) is 1. The van der Waals surface area contributed by atoms with E-state index in [0.29, 0.717) is 41.1 Å². The van der Waals surface area contributed by atoms with Gasteiger partial charge in [-0.25, -0.2) is 0 Å². The van der Waals surface area contributed by atoms with E-state index in [9.17, 15) is 9.59 Å². The van der Waals surface area contributed by atoms with Gasteiger partial charge < -0.3 is 9.64 Å². The Labute approximate surface area is 130 Å². The number of carbonyl (C=O) groups excluding carboxylic acids is 2.